The summed E-state index contributed by atoms with van der Waals surface area (Å²) in [5, 5.41) is 3.20. The molecule has 0 aliphatic rings. The first-order valence-electron chi connectivity index (χ1n) is 5.95. The maximum absolute atomic E-state index is 11.0. The molecule has 1 heterocycles. The molecule has 1 amide bonds. The fraction of sp³-hybridized carbons (Fsp3) is 0.667. The molecule has 0 saturated heterocycles. The Morgan fingerprint density at radius 1 is 1.59 bits per heavy atom. The molecule has 96 valence electrons. The summed E-state index contributed by atoms with van der Waals surface area (Å²) in [6.45, 7) is 8.23. The van der Waals surface area contributed by atoms with Gasteiger partial charge in [0.25, 0.3) is 0 Å². The highest BCUT2D eigenvalue weighted by Crippen LogP contribution is 2.13. The number of nitrogens with zero attached hydrogens (tertiary/aromatic N) is 2. The van der Waals surface area contributed by atoms with Crippen LogP contribution >= 0.6 is 11.3 Å². The number of carbonyl (C=O) groups excluding carboxylic acids is 1. The first kappa shape index (κ1) is 14.1. The van der Waals surface area contributed by atoms with E-state index >= 15 is 0 Å². The van der Waals surface area contributed by atoms with Gasteiger partial charge in [0, 0.05) is 18.5 Å². The molecule has 0 aromatic carbocycles. The number of carbonyl (C=O) groups is 1. The Balaban J connectivity index is 2.60. The average Bonchev–Trinajstić information content (AvgIpc) is 2.63. The molecule has 4 nitrogen and oxygen atoms in total. The van der Waals surface area contributed by atoms with Gasteiger partial charge in [0.05, 0.1) is 17.2 Å². The predicted molar refractivity (Wildman–Crippen MR) is 70.8 cm³/mol. The smallest absolute Gasteiger partial charge is 0.231 e. The molecule has 1 aromatic rings. The number of thiazole rings is 1. The summed E-state index contributed by atoms with van der Waals surface area (Å²) in [7, 11) is 0. The molecule has 0 spiro atoms. The van der Waals surface area contributed by atoms with Gasteiger partial charge in [-0.05, 0) is 12.3 Å². The maximum atomic E-state index is 11.0. The number of primary amides is 1. The van der Waals surface area contributed by atoms with E-state index in [1.165, 1.54) is 0 Å². The van der Waals surface area contributed by atoms with E-state index in [4.69, 9.17) is 5.73 Å². The van der Waals surface area contributed by atoms with Gasteiger partial charge in [-0.25, -0.2) is 4.98 Å². The molecular formula is C12H21N3OS. The van der Waals surface area contributed by atoms with Crippen LogP contribution in [0, 0.1) is 5.92 Å². The quantitative estimate of drug-likeness (QED) is 0.806. The van der Waals surface area contributed by atoms with Crippen LogP contribution in [0.4, 0.5) is 0 Å². The molecule has 0 bridgehead atoms. The van der Waals surface area contributed by atoms with Crippen molar-refractivity contribution < 1.29 is 4.79 Å². The van der Waals surface area contributed by atoms with Gasteiger partial charge >= 0.3 is 0 Å². The van der Waals surface area contributed by atoms with Crippen molar-refractivity contribution in [2.75, 3.05) is 13.1 Å². The molecule has 1 aromatic heterocycles. The molecule has 17 heavy (non-hydrogen) atoms. The van der Waals surface area contributed by atoms with Gasteiger partial charge in [0.15, 0.2) is 0 Å². The number of nitrogens with two attached hydrogens (primary N) is 1. The van der Waals surface area contributed by atoms with E-state index < -0.39 is 0 Å². The Morgan fingerprint density at radius 3 is 2.76 bits per heavy atom. The maximum Gasteiger partial charge on any atom is 0.231 e. The van der Waals surface area contributed by atoms with Crippen LogP contribution in [-0.4, -0.2) is 28.9 Å². The molecule has 5 heteroatoms. The molecule has 0 fully saturated rings. The molecule has 0 atom stereocenters. The Labute approximate surface area is 107 Å². The summed E-state index contributed by atoms with van der Waals surface area (Å²) in [6, 6.07) is 0. The topological polar surface area (TPSA) is 59.2 Å². The third-order valence-electron chi connectivity index (χ3n) is 2.29. The number of hydrogen-bond acceptors (Lipinski definition) is 4. The number of aryl methyl sites for hydroxylation is 1. The highest BCUT2D eigenvalue weighted by Gasteiger charge is 2.12. The van der Waals surface area contributed by atoms with Crippen molar-refractivity contribution in [1.82, 2.24) is 9.88 Å². The van der Waals surface area contributed by atoms with Gasteiger partial charge in [-0.1, -0.05) is 20.8 Å². The fourth-order valence-electron chi connectivity index (χ4n) is 1.73. The van der Waals surface area contributed by atoms with Crippen molar-refractivity contribution in [3.8, 4) is 0 Å². The molecular weight excluding hydrogens is 234 g/mol. The standard InChI is InChI=1S/C12H21N3OS/c1-4-12-14-10(8-17-12)6-15(5-9(2)3)7-11(13)16/h8-9H,4-7H2,1-3H3,(H2,13,16). The van der Waals surface area contributed by atoms with E-state index in [1.807, 2.05) is 0 Å². The van der Waals surface area contributed by atoms with Crippen LogP contribution in [0.15, 0.2) is 5.38 Å². The normalized spacial score (nSPS) is 11.4. The van der Waals surface area contributed by atoms with Crippen LogP contribution < -0.4 is 5.73 Å². The Morgan fingerprint density at radius 2 is 2.29 bits per heavy atom. The molecule has 2 N–H and O–H groups in total. The Hall–Kier alpha value is -0.940. The van der Waals surface area contributed by atoms with Gasteiger partial charge in [0.2, 0.25) is 5.91 Å². The van der Waals surface area contributed by atoms with Crippen molar-refractivity contribution in [1.29, 1.82) is 0 Å². The van der Waals surface area contributed by atoms with Crippen LogP contribution in [0.5, 0.6) is 0 Å². The van der Waals surface area contributed by atoms with Crippen molar-refractivity contribution in [3.63, 3.8) is 0 Å². The SMILES string of the molecule is CCc1nc(CN(CC(N)=O)CC(C)C)cs1. The summed E-state index contributed by atoms with van der Waals surface area (Å²) in [4.78, 5) is 17.6. The number of rotatable bonds is 7. The lowest BCUT2D eigenvalue weighted by molar-refractivity contribution is -0.119. The number of amides is 1. The Kier molecular flexibility index (Phi) is 5.58. The minimum Gasteiger partial charge on any atom is -0.369 e. The summed E-state index contributed by atoms with van der Waals surface area (Å²) in [5.74, 6) is 0.232. The lowest BCUT2D eigenvalue weighted by Gasteiger charge is -2.21. The second-order valence-corrected chi connectivity index (χ2v) is 5.56. The van der Waals surface area contributed by atoms with E-state index in [2.05, 4.69) is 36.0 Å². The lowest BCUT2D eigenvalue weighted by Crippen LogP contribution is -2.35. The first-order chi connectivity index (χ1) is 8.01. The zero-order chi connectivity index (χ0) is 12.8. The highest BCUT2D eigenvalue weighted by molar-refractivity contribution is 7.09. The van der Waals surface area contributed by atoms with Crippen LogP contribution in [-0.2, 0) is 17.8 Å². The van der Waals surface area contributed by atoms with Gasteiger partial charge in [-0.3, -0.25) is 9.69 Å². The summed E-state index contributed by atoms with van der Waals surface area (Å²) < 4.78 is 0. The summed E-state index contributed by atoms with van der Waals surface area (Å²) in [5.41, 5.74) is 6.29. The van der Waals surface area contributed by atoms with Crippen molar-refractivity contribution in [3.05, 3.63) is 16.1 Å². The molecule has 0 unspecified atom stereocenters. The summed E-state index contributed by atoms with van der Waals surface area (Å²) in [6.07, 6.45) is 0.963. The second kappa shape index (κ2) is 6.71. The molecule has 0 radical (unpaired) electrons. The van der Waals surface area contributed by atoms with Crippen LogP contribution in [0.3, 0.4) is 0 Å². The van der Waals surface area contributed by atoms with Crippen molar-refractivity contribution in [2.24, 2.45) is 11.7 Å². The van der Waals surface area contributed by atoms with Gasteiger partial charge in [-0.2, -0.15) is 0 Å². The molecule has 0 aliphatic heterocycles. The molecule has 1 rings (SSSR count). The first-order valence-corrected chi connectivity index (χ1v) is 6.83. The minimum absolute atomic E-state index is 0.281. The number of hydrogen-bond donors (Lipinski definition) is 1. The van der Waals surface area contributed by atoms with Gasteiger partial charge in [0.1, 0.15) is 0 Å². The monoisotopic (exact) mass is 255 g/mol. The highest BCUT2D eigenvalue weighted by atomic mass is 32.1. The van der Waals surface area contributed by atoms with Crippen LogP contribution in [0.25, 0.3) is 0 Å². The number of aromatic nitrogens is 1. The zero-order valence-corrected chi connectivity index (χ0v) is 11.6. The van der Waals surface area contributed by atoms with Crippen molar-refractivity contribution in [2.45, 2.75) is 33.7 Å². The van der Waals surface area contributed by atoms with Gasteiger partial charge < -0.3 is 5.73 Å². The van der Waals surface area contributed by atoms with E-state index in [9.17, 15) is 4.79 Å². The van der Waals surface area contributed by atoms with Gasteiger partial charge in [-0.15, -0.1) is 11.3 Å². The Bertz CT molecular complexity index is 362. The minimum atomic E-state index is -0.281. The van der Waals surface area contributed by atoms with Crippen LogP contribution in [0.1, 0.15) is 31.5 Å². The van der Waals surface area contributed by atoms with E-state index in [0.717, 1.165) is 23.7 Å². The largest absolute Gasteiger partial charge is 0.369 e. The second-order valence-electron chi connectivity index (χ2n) is 4.62. The fourth-order valence-corrected chi connectivity index (χ4v) is 2.47. The summed E-state index contributed by atoms with van der Waals surface area (Å²) >= 11 is 1.68. The third-order valence-corrected chi connectivity index (χ3v) is 3.33. The molecule has 0 saturated carbocycles. The average molecular weight is 255 g/mol. The van der Waals surface area contributed by atoms with E-state index in [0.29, 0.717) is 19.0 Å². The van der Waals surface area contributed by atoms with E-state index in [-0.39, 0.29) is 5.91 Å². The zero-order valence-electron chi connectivity index (χ0n) is 10.8. The third kappa shape index (κ3) is 5.28. The lowest BCUT2D eigenvalue weighted by atomic mass is 10.2. The molecule has 0 aliphatic carbocycles. The van der Waals surface area contributed by atoms with E-state index in [1.54, 1.807) is 11.3 Å². The van der Waals surface area contributed by atoms with Crippen molar-refractivity contribution >= 4 is 17.2 Å². The predicted octanol–water partition coefficient (Wildman–Crippen LogP) is 1.65. The van der Waals surface area contributed by atoms with Crippen LogP contribution in [0.2, 0.25) is 0 Å².